The van der Waals surface area contributed by atoms with Crippen molar-refractivity contribution in [3.63, 3.8) is 0 Å². The van der Waals surface area contributed by atoms with E-state index in [4.69, 9.17) is 15.2 Å². The van der Waals surface area contributed by atoms with Crippen molar-refractivity contribution in [2.24, 2.45) is 5.73 Å². The molecule has 5 heteroatoms. The number of hydrogen-bond donors (Lipinski definition) is 1. The van der Waals surface area contributed by atoms with Crippen molar-refractivity contribution in [2.75, 3.05) is 13.2 Å². The first-order valence-corrected chi connectivity index (χ1v) is 4.83. The van der Waals surface area contributed by atoms with Crippen LogP contribution in [0.2, 0.25) is 0 Å². The van der Waals surface area contributed by atoms with Crippen LogP contribution in [0.3, 0.4) is 0 Å². The van der Waals surface area contributed by atoms with Crippen molar-refractivity contribution >= 4 is 0 Å². The Bertz CT molecular complexity index is 300. The lowest BCUT2D eigenvalue weighted by molar-refractivity contribution is -0.0585. The number of nitrogens with two attached hydrogens (primary N) is 1. The van der Waals surface area contributed by atoms with Crippen LogP contribution in [0, 0.1) is 0 Å². The molecular formula is C9H15N3O2. The molecule has 0 bridgehead atoms. The summed E-state index contributed by atoms with van der Waals surface area (Å²) in [4.78, 5) is 0. The van der Waals surface area contributed by atoms with Gasteiger partial charge in [0.15, 0.2) is 6.29 Å². The fraction of sp³-hybridized carbons (Fsp3) is 0.667. The quantitative estimate of drug-likeness (QED) is 0.755. The third-order valence-corrected chi connectivity index (χ3v) is 2.26. The van der Waals surface area contributed by atoms with Crippen LogP contribution < -0.4 is 5.73 Å². The Hall–Kier alpha value is -0.910. The summed E-state index contributed by atoms with van der Waals surface area (Å²) in [6.07, 6.45) is 3.44. The minimum absolute atomic E-state index is 0.0185. The summed E-state index contributed by atoms with van der Waals surface area (Å²) in [5.74, 6) is 0. The lowest BCUT2D eigenvalue weighted by Crippen LogP contribution is -2.21. The molecule has 0 saturated carbocycles. The molecule has 2 atom stereocenters. The zero-order valence-electron chi connectivity index (χ0n) is 8.22. The van der Waals surface area contributed by atoms with Gasteiger partial charge in [-0.15, -0.1) is 0 Å². The van der Waals surface area contributed by atoms with E-state index in [1.807, 2.05) is 17.8 Å². The van der Waals surface area contributed by atoms with Crippen molar-refractivity contribution < 1.29 is 9.47 Å². The van der Waals surface area contributed by atoms with Gasteiger partial charge < -0.3 is 15.2 Å². The van der Waals surface area contributed by atoms with E-state index in [1.54, 1.807) is 6.20 Å². The van der Waals surface area contributed by atoms with Gasteiger partial charge in [-0.2, -0.15) is 5.10 Å². The first-order chi connectivity index (χ1) is 6.83. The zero-order valence-corrected chi connectivity index (χ0v) is 8.22. The number of ether oxygens (including phenoxy) is 2. The Morgan fingerprint density at radius 2 is 2.57 bits per heavy atom. The van der Waals surface area contributed by atoms with Gasteiger partial charge in [-0.1, -0.05) is 0 Å². The Morgan fingerprint density at radius 1 is 1.71 bits per heavy atom. The van der Waals surface area contributed by atoms with Gasteiger partial charge in [-0.3, -0.25) is 4.68 Å². The van der Waals surface area contributed by atoms with Crippen LogP contribution in [0.25, 0.3) is 0 Å². The van der Waals surface area contributed by atoms with Crippen molar-refractivity contribution in [1.29, 1.82) is 0 Å². The Labute approximate surface area is 82.8 Å². The van der Waals surface area contributed by atoms with E-state index >= 15 is 0 Å². The highest BCUT2D eigenvalue weighted by molar-refractivity contribution is 5.06. The smallest absolute Gasteiger partial charge is 0.187 e. The van der Waals surface area contributed by atoms with Crippen LogP contribution in [0.5, 0.6) is 0 Å². The predicted octanol–water partition coefficient (Wildman–Crippen LogP) is 0.276. The molecule has 1 aromatic heterocycles. The van der Waals surface area contributed by atoms with Gasteiger partial charge >= 0.3 is 0 Å². The predicted molar refractivity (Wildman–Crippen MR) is 50.5 cm³/mol. The number of nitrogens with zero attached hydrogens (tertiary/aromatic N) is 2. The number of rotatable bonds is 3. The summed E-state index contributed by atoms with van der Waals surface area (Å²) in [5.41, 5.74) is 6.44. The highest BCUT2D eigenvalue weighted by Gasteiger charge is 2.27. The van der Waals surface area contributed by atoms with Gasteiger partial charge in [0.05, 0.1) is 18.9 Å². The fourth-order valence-electron chi connectivity index (χ4n) is 1.42. The van der Waals surface area contributed by atoms with Gasteiger partial charge in [-0.25, -0.2) is 0 Å². The second-order valence-electron chi connectivity index (χ2n) is 3.29. The summed E-state index contributed by atoms with van der Waals surface area (Å²) in [7, 11) is 0. The normalized spacial score (nSPS) is 27.0. The summed E-state index contributed by atoms with van der Waals surface area (Å²) >= 11 is 0. The first kappa shape index (κ1) is 9.64. The van der Waals surface area contributed by atoms with E-state index in [0.29, 0.717) is 13.2 Å². The minimum atomic E-state index is -0.288. The molecular weight excluding hydrogens is 182 g/mol. The SMILES string of the molecule is CCn1cc(C2OCC(CN)O2)cn1. The molecule has 0 aromatic carbocycles. The molecule has 2 rings (SSSR count). The van der Waals surface area contributed by atoms with E-state index < -0.39 is 0 Å². The van der Waals surface area contributed by atoms with E-state index in [9.17, 15) is 0 Å². The second-order valence-corrected chi connectivity index (χ2v) is 3.29. The molecule has 2 unspecified atom stereocenters. The maximum Gasteiger partial charge on any atom is 0.187 e. The highest BCUT2D eigenvalue weighted by atomic mass is 16.7. The van der Waals surface area contributed by atoms with Gasteiger partial charge in [0, 0.05) is 24.8 Å². The first-order valence-electron chi connectivity index (χ1n) is 4.83. The van der Waals surface area contributed by atoms with Gasteiger partial charge in [-0.05, 0) is 6.92 Å². The molecule has 2 heterocycles. The largest absolute Gasteiger partial charge is 0.346 e. The van der Waals surface area contributed by atoms with Crippen LogP contribution >= 0.6 is 0 Å². The molecule has 5 nitrogen and oxygen atoms in total. The molecule has 0 aliphatic carbocycles. The number of aryl methyl sites for hydroxylation is 1. The molecule has 0 amide bonds. The Kier molecular flexibility index (Phi) is 2.81. The fourth-order valence-corrected chi connectivity index (χ4v) is 1.42. The van der Waals surface area contributed by atoms with Crippen LogP contribution in [-0.4, -0.2) is 29.0 Å². The molecule has 14 heavy (non-hydrogen) atoms. The molecule has 2 N–H and O–H groups in total. The lowest BCUT2D eigenvalue weighted by atomic mass is 10.3. The van der Waals surface area contributed by atoms with E-state index in [1.165, 1.54) is 0 Å². The van der Waals surface area contributed by atoms with Crippen molar-refractivity contribution in [3.05, 3.63) is 18.0 Å². The van der Waals surface area contributed by atoms with E-state index in [0.717, 1.165) is 12.1 Å². The number of aromatic nitrogens is 2. The Morgan fingerprint density at radius 3 is 3.14 bits per heavy atom. The summed E-state index contributed by atoms with van der Waals surface area (Å²) < 4.78 is 12.8. The molecule has 1 aliphatic heterocycles. The van der Waals surface area contributed by atoms with Crippen LogP contribution in [0.15, 0.2) is 12.4 Å². The van der Waals surface area contributed by atoms with Gasteiger partial charge in [0.1, 0.15) is 0 Å². The molecule has 0 spiro atoms. The maximum absolute atomic E-state index is 5.55. The minimum Gasteiger partial charge on any atom is -0.346 e. The van der Waals surface area contributed by atoms with Crippen LogP contribution in [-0.2, 0) is 16.0 Å². The van der Waals surface area contributed by atoms with Gasteiger partial charge in [0.25, 0.3) is 0 Å². The maximum atomic E-state index is 5.55. The molecule has 78 valence electrons. The van der Waals surface area contributed by atoms with Crippen LogP contribution in [0.4, 0.5) is 0 Å². The average molecular weight is 197 g/mol. The second kappa shape index (κ2) is 4.08. The van der Waals surface area contributed by atoms with Crippen LogP contribution in [0.1, 0.15) is 18.8 Å². The Balaban J connectivity index is 2.02. The lowest BCUT2D eigenvalue weighted by Gasteiger charge is -2.07. The molecule has 1 aromatic rings. The molecule has 0 radical (unpaired) electrons. The molecule has 1 fully saturated rings. The standard InChI is InChI=1S/C9H15N3O2/c1-2-12-5-7(4-11-12)9-13-6-8(3-10)14-9/h4-5,8-9H,2-3,6,10H2,1H3. The topological polar surface area (TPSA) is 62.3 Å². The van der Waals surface area contributed by atoms with Crippen molar-refractivity contribution in [3.8, 4) is 0 Å². The highest BCUT2D eigenvalue weighted by Crippen LogP contribution is 2.25. The summed E-state index contributed by atoms with van der Waals surface area (Å²) in [6, 6.07) is 0. The summed E-state index contributed by atoms with van der Waals surface area (Å²) in [5, 5.41) is 4.16. The summed E-state index contributed by atoms with van der Waals surface area (Å²) in [6.45, 7) is 3.96. The molecule has 1 aliphatic rings. The van der Waals surface area contributed by atoms with Crippen molar-refractivity contribution in [2.45, 2.75) is 25.9 Å². The van der Waals surface area contributed by atoms with E-state index in [-0.39, 0.29) is 12.4 Å². The van der Waals surface area contributed by atoms with Gasteiger partial charge in [0.2, 0.25) is 0 Å². The third-order valence-electron chi connectivity index (χ3n) is 2.26. The number of hydrogen-bond acceptors (Lipinski definition) is 4. The third kappa shape index (κ3) is 1.79. The van der Waals surface area contributed by atoms with Crippen molar-refractivity contribution in [1.82, 2.24) is 9.78 Å². The monoisotopic (exact) mass is 197 g/mol. The van der Waals surface area contributed by atoms with E-state index in [2.05, 4.69) is 5.10 Å². The average Bonchev–Trinajstić information content (AvgIpc) is 2.86. The molecule has 1 saturated heterocycles. The zero-order chi connectivity index (χ0) is 9.97.